The Balaban J connectivity index is 2.82. The number of pyridine rings is 1. The number of carboxylic acids is 1. The van der Waals surface area contributed by atoms with E-state index in [4.69, 9.17) is 10.8 Å². The number of halogens is 1. The van der Waals surface area contributed by atoms with Crippen LogP contribution in [0, 0.1) is 0 Å². The van der Waals surface area contributed by atoms with Crippen molar-refractivity contribution in [2.45, 2.75) is 12.5 Å². The van der Waals surface area contributed by atoms with Crippen LogP contribution in [-0.2, 0) is 9.59 Å². The normalized spacial score (nSPS) is 11.6. The molecular weight excluding hydrogens is 306 g/mol. The van der Waals surface area contributed by atoms with Crippen molar-refractivity contribution in [1.29, 1.82) is 0 Å². The number of nitrogens with one attached hydrogen (secondary N) is 1. The minimum absolute atomic E-state index is 0.0354. The average molecular weight is 316 g/mol. The maximum absolute atomic E-state index is 11.7. The Hall–Kier alpha value is -1.96. The first-order valence-corrected chi connectivity index (χ1v) is 5.63. The summed E-state index contributed by atoms with van der Waals surface area (Å²) in [4.78, 5) is 37.1. The van der Waals surface area contributed by atoms with E-state index in [1.54, 1.807) is 12.1 Å². The summed E-state index contributed by atoms with van der Waals surface area (Å²) >= 11 is 3.11. The van der Waals surface area contributed by atoms with Crippen LogP contribution in [0.3, 0.4) is 0 Å². The quantitative estimate of drug-likeness (QED) is 0.700. The Morgan fingerprint density at radius 3 is 2.67 bits per heavy atom. The maximum atomic E-state index is 11.7. The number of hydrogen-bond acceptors (Lipinski definition) is 4. The number of aliphatic carboxylic acids is 1. The molecule has 18 heavy (non-hydrogen) atoms. The number of primary amides is 1. The summed E-state index contributed by atoms with van der Waals surface area (Å²) in [5.41, 5.74) is 4.93. The zero-order valence-electron chi connectivity index (χ0n) is 9.09. The Kier molecular flexibility index (Phi) is 4.78. The van der Waals surface area contributed by atoms with Crippen LogP contribution in [0.4, 0.5) is 0 Å². The number of amides is 2. The molecule has 0 aliphatic rings. The van der Waals surface area contributed by atoms with Crippen molar-refractivity contribution < 1.29 is 19.5 Å². The van der Waals surface area contributed by atoms with Gasteiger partial charge in [-0.3, -0.25) is 9.59 Å². The molecule has 7 nitrogen and oxygen atoms in total. The van der Waals surface area contributed by atoms with Crippen LogP contribution < -0.4 is 11.1 Å². The van der Waals surface area contributed by atoms with E-state index in [1.807, 2.05) is 0 Å². The predicted molar refractivity (Wildman–Crippen MR) is 64.6 cm³/mol. The second kappa shape index (κ2) is 6.10. The van der Waals surface area contributed by atoms with Gasteiger partial charge in [0.2, 0.25) is 5.91 Å². The van der Waals surface area contributed by atoms with Crippen LogP contribution in [0.5, 0.6) is 0 Å². The van der Waals surface area contributed by atoms with Gasteiger partial charge in [0.1, 0.15) is 11.7 Å². The van der Waals surface area contributed by atoms with Gasteiger partial charge in [-0.05, 0) is 28.1 Å². The van der Waals surface area contributed by atoms with Crippen molar-refractivity contribution in [2.24, 2.45) is 5.73 Å². The summed E-state index contributed by atoms with van der Waals surface area (Å²) in [5.74, 6) is -2.85. The number of hydrogen-bond donors (Lipinski definition) is 3. The highest BCUT2D eigenvalue weighted by atomic mass is 79.9. The smallest absolute Gasteiger partial charge is 0.326 e. The van der Waals surface area contributed by atoms with E-state index in [0.29, 0.717) is 4.47 Å². The fourth-order valence-electron chi connectivity index (χ4n) is 1.18. The lowest BCUT2D eigenvalue weighted by molar-refractivity contribution is -0.140. The van der Waals surface area contributed by atoms with Gasteiger partial charge < -0.3 is 16.2 Å². The lowest BCUT2D eigenvalue weighted by Gasteiger charge is -2.12. The summed E-state index contributed by atoms with van der Waals surface area (Å²) in [6.45, 7) is 0. The Labute approximate surface area is 111 Å². The first-order valence-electron chi connectivity index (χ1n) is 4.84. The van der Waals surface area contributed by atoms with Crippen LogP contribution in [0.25, 0.3) is 0 Å². The molecule has 0 unspecified atom stereocenters. The molecule has 1 rings (SSSR count). The maximum Gasteiger partial charge on any atom is 0.326 e. The van der Waals surface area contributed by atoms with Gasteiger partial charge in [0, 0.05) is 10.7 Å². The molecule has 0 saturated heterocycles. The van der Waals surface area contributed by atoms with Crippen LogP contribution in [-0.4, -0.2) is 33.9 Å². The Bertz CT molecular complexity index is 492. The second-order valence-electron chi connectivity index (χ2n) is 3.37. The molecule has 0 bridgehead atoms. The van der Waals surface area contributed by atoms with Gasteiger partial charge >= 0.3 is 5.97 Å². The Morgan fingerprint density at radius 2 is 2.17 bits per heavy atom. The van der Waals surface area contributed by atoms with E-state index in [0.717, 1.165) is 0 Å². The molecule has 1 aromatic heterocycles. The highest BCUT2D eigenvalue weighted by Crippen LogP contribution is 2.13. The third-order valence-electron chi connectivity index (χ3n) is 1.98. The van der Waals surface area contributed by atoms with E-state index in [2.05, 4.69) is 26.2 Å². The van der Waals surface area contributed by atoms with Gasteiger partial charge in [-0.2, -0.15) is 0 Å². The molecule has 0 radical (unpaired) electrons. The zero-order chi connectivity index (χ0) is 13.7. The molecule has 0 fully saturated rings. The molecule has 8 heteroatoms. The van der Waals surface area contributed by atoms with Crippen molar-refractivity contribution in [3.63, 3.8) is 0 Å². The van der Waals surface area contributed by atoms with Crippen LogP contribution >= 0.6 is 15.9 Å². The van der Waals surface area contributed by atoms with Crippen LogP contribution in [0.15, 0.2) is 22.8 Å². The van der Waals surface area contributed by atoms with E-state index in [-0.39, 0.29) is 5.69 Å². The topological polar surface area (TPSA) is 122 Å². The van der Waals surface area contributed by atoms with E-state index >= 15 is 0 Å². The Morgan fingerprint density at radius 1 is 1.50 bits per heavy atom. The van der Waals surface area contributed by atoms with Gasteiger partial charge in [0.25, 0.3) is 5.91 Å². The van der Waals surface area contributed by atoms with Gasteiger partial charge in [-0.15, -0.1) is 0 Å². The third-order valence-corrected chi connectivity index (χ3v) is 2.62. The second-order valence-corrected chi connectivity index (χ2v) is 4.22. The summed E-state index contributed by atoms with van der Waals surface area (Å²) < 4.78 is 0.422. The molecule has 0 aromatic carbocycles. The molecule has 0 spiro atoms. The third kappa shape index (κ3) is 3.81. The number of carbonyl (C=O) groups excluding carboxylic acids is 2. The number of carboxylic acid groups (broad SMARTS) is 1. The molecular formula is C10H10BrN3O4. The highest BCUT2D eigenvalue weighted by Gasteiger charge is 2.24. The average Bonchev–Trinajstić information content (AvgIpc) is 2.27. The molecule has 0 aliphatic carbocycles. The molecule has 2 amide bonds. The van der Waals surface area contributed by atoms with Gasteiger partial charge in [0.15, 0.2) is 0 Å². The standard InChI is InChI=1S/C10H10BrN3O4/c11-5-2-1-3-13-8(5)9(16)14-6(10(17)18)4-7(12)15/h1-3,6H,4H2,(H2,12,15)(H,14,16)(H,17,18)/t6-/m0/s1. The largest absolute Gasteiger partial charge is 0.480 e. The summed E-state index contributed by atoms with van der Waals surface area (Å²) in [6, 6.07) is 1.83. The van der Waals surface area contributed by atoms with Crippen LogP contribution in [0.1, 0.15) is 16.9 Å². The fraction of sp³-hybridized carbons (Fsp3) is 0.200. The van der Waals surface area contributed by atoms with Crippen molar-refractivity contribution >= 4 is 33.7 Å². The molecule has 0 aliphatic heterocycles. The lowest BCUT2D eigenvalue weighted by Crippen LogP contribution is -2.43. The van der Waals surface area contributed by atoms with E-state index in [9.17, 15) is 14.4 Å². The van der Waals surface area contributed by atoms with Crippen molar-refractivity contribution in [3.8, 4) is 0 Å². The minimum atomic E-state index is -1.37. The van der Waals surface area contributed by atoms with Gasteiger partial charge in [-0.1, -0.05) is 0 Å². The summed E-state index contributed by atoms with van der Waals surface area (Å²) in [6.07, 6.45) is 0.912. The summed E-state index contributed by atoms with van der Waals surface area (Å²) in [5, 5.41) is 11.0. The first-order chi connectivity index (χ1) is 8.41. The van der Waals surface area contributed by atoms with E-state index in [1.165, 1.54) is 6.20 Å². The lowest BCUT2D eigenvalue weighted by atomic mass is 10.2. The number of rotatable bonds is 5. The van der Waals surface area contributed by atoms with E-state index < -0.39 is 30.2 Å². The first kappa shape index (κ1) is 14.1. The highest BCUT2D eigenvalue weighted by molar-refractivity contribution is 9.10. The number of nitrogens with zero attached hydrogens (tertiary/aromatic N) is 1. The minimum Gasteiger partial charge on any atom is -0.480 e. The van der Waals surface area contributed by atoms with Gasteiger partial charge in [0.05, 0.1) is 6.42 Å². The zero-order valence-corrected chi connectivity index (χ0v) is 10.7. The van der Waals surface area contributed by atoms with Crippen LogP contribution in [0.2, 0.25) is 0 Å². The van der Waals surface area contributed by atoms with Crippen molar-refractivity contribution in [3.05, 3.63) is 28.5 Å². The summed E-state index contributed by atoms with van der Waals surface area (Å²) in [7, 11) is 0. The molecule has 0 saturated carbocycles. The molecule has 1 atom stereocenters. The molecule has 96 valence electrons. The number of aromatic nitrogens is 1. The van der Waals surface area contributed by atoms with Gasteiger partial charge in [-0.25, -0.2) is 9.78 Å². The van der Waals surface area contributed by atoms with Crippen molar-refractivity contribution in [2.75, 3.05) is 0 Å². The molecule has 1 aromatic rings. The number of nitrogens with two attached hydrogens (primary N) is 1. The predicted octanol–water partition coefficient (Wildman–Crippen LogP) is -0.0975. The monoisotopic (exact) mass is 315 g/mol. The fourth-order valence-corrected chi connectivity index (χ4v) is 1.62. The van der Waals surface area contributed by atoms with Crippen molar-refractivity contribution in [1.82, 2.24) is 10.3 Å². The molecule has 1 heterocycles. The number of carbonyl (C=O) groups is 3. The SMILES string of the molecule is NC(=O)C[C@H](NC(=O)c1ncccc1Br)C(=O)O. The molecule has 4 N–H and O–H groups in total.